The molecular weight excluding hydrogens is 464 g/mol. The van der Waals surface area contributed by atoms with Crippen LogP contribution in [0.25, 0.3) is 0 Å². The van der Waals surface area contributed by atoms with Crippen LogP contribution in [0.15, 0.2) is 46.3 Å². The average molecular weight is 509 g/mol. The normalized spacial score (nSPS) is 33.0. The molecule has 0 heterocycles. The Balaban J connectivity index is 1.98. The molecule has 1 fully saturated rings. The van der Waals surface area contributed by atoms with Crippen LogP contribution in [-0.2, 0) is 19.1 Å². The number of ether oxygens (including phenoxy) is 1. The van der Waals surface area contributed by atoms with Crippen LogP contribution in [-0.4, -0.2) is 29.2 Å². The molecule has 4 rings (SSSR count). The molecule has 0 saturated heterocycles. The van der Waals surface area contributed by atoms with Gasteiger partial charge in [0.15, 0.2) is 11.5 Å². The van der Waals surface area contributed by atoms with Gasteiger partial charge < -0.3 is 9.84 Å². The Labute approximate surface area is 222 Å². The van der Waals surface area contributed by atoms with Crippen LogP contribution in [0.5, 0.6) is 0 Å². The van der Waals surface area contributed by atoms with Crippen molar-refractivity contribution in [2.75, 3.05) is 6.61 Å². The van der Waals surface area contributed by atoms with Crippen molar-refractivity contribution < 1.29 is 24.2 Å². The molecule has 1 saturated carbocycles. The van der Waals surface area contributed by atoms with Crippen LogP contribution in [0, 0.1) is 34.0 Å². The van der Waals surface area contributed by atoms with Crippen molar-refractivity contribution >= 4 is 17.5 Å². The number of carbonyl (C=O) groups excluding carboxylic acids is 3. The van der Waals surface area contributed by atoms with Gasteiger partial charge in [-0.1, -0.05) is 62.6 Å². The van der Waals surface area contributed by atoms with E-state index in [9.17, 15) is 19.5 Å². The van der Waals surface area contributed by atoms with E-state index in [4.69, 9.17) is 4.74 Å². The Bertz CT molecular complexity index is 1130. The molecule has 1 N–H and O–H groups in total. The molecule has 5 heteroatoms. The van der Waals surface area contributed by atoms with Crippen molar-refractivity contribution in [3.05, 3.63) is 46.3 Å². The maximum absolute atomic E-state index is 14.7. The second kappa shape index (κ2) is 9.71. The van der Waals surface area contributed by atoms with Gasteiger partial charge in [-0.15, -0.1) is 0 Å². The van der Waals surface area contributed by atoms with Crippen LogP contribution in [0.4, 0.5) is 0 Å². The topological polar surface area (TPSA) is 80.7 Å². The SMILES string of the molecule is CC(=O)OCCC1=CC(C=C(C)C)[C@@]23CC4=CCCC(C)(C)[C@@H]4CC[C@]2(C1)C(=O)C(C(C)C)=C(O)C3=O. The minimum atomic E-state index is -1.05. The van der Waals surface area contributed by atoms with Gasteiger partial charge in [-0.05, 0) is 69.6 Å². The van der Waals surface area contributed by atoms with E-state index in [0.29, 0.717) is 31.6 Å². The molecule has 0 bridgehead atoms. The van der Waals surface area contributed by atoms with E-state index in [-0.39, 0.29) is 52.7 Å². The third-order valence-electron chi connectivity index (χ3n) is 9.67. The summed E-state index contributed by atoms with van der Waals surface area (Å²) in [7, 11) is 0. The lowest BCUT2D eigenvalue weighted by atomic mass is 9.43. The Hall–Kier alpha value is -2.43. The molecule has 0 spiro atoms. The number of aliphatic hydroxyl groups excluding tert-OH is 1. The van der Waals surface area contributed by atoms with E-state index in [1.165, 1.54) is 12.5 Å². The van der Waals surface area contributed by atoms with Gasteiger partial charge in [0.05, 0.1) is 17.4 Å². The van der Waals surface area contributed by atoms with Gasteiger partial charge in [0.2, 0.25) is 5.78 Å². The predicted octanol–water partition coefficient (Wildman–Crippen LogP) is 6.99. The fourth-order valence-electron chi connectivity index (χ4n) is 7.98. The molecule has 4 aliphatic carbocycles. The van der Waals surface area contributed by atoms with E-state index in [1.54, 1.807) is 0 Å². The Morgan fingerprint density at radius 3 is 2.46 bits per heavy atom. The van der Waals surface area contributed by atoms with Crippen LogP contribution in [0.1, 0.15) is 93.4 Å². The minimum Gasteiger partial charge on any atom is -0.504 e. The zero-order chi connectivity index (χ0) is 27.3. The fourth-order valence-corrected chi connectivity index (χ4v) is 7.98. The molecule has 0 aromatic heterocycles. The quantitative estimate of drug-likeness (QED) is 0.320. The molecule has 0 amide bonds. The van der Waals surface area contributed by atoms with Gasteiger partial charge in [-0.2, -0.15) is 0 Å². The standard InChI is InChI=1S/C32H44O5/c1-19(2)15-24-16-22(11-14-37-21(5)33)17-31-13-10-25-23(9-8-12-30(25,6)7)18-32(24,31)29(36)27(34)26(20(3)4)28(31)35/h9,15-16,20,24-25,34H,8,10-14,17-18H2,1-7H3/t24?,25-,31+,32-/m1/s1. The lowest BCUT2D eigenvalue weighted by Gasteiger charge is -2.56. The second-order valence-electron chi connectivity index (χ2n) is 13.1. The number of carbonyl (C=O) groups is 3. The Morgan fingerprint density at radius 1 is 1.14 bits per heavy atom. The smallest absolute Gasteiger partial charge is 0.302 e. The number of Topliss-reactive ketones (excluding diaryl/α,β-unsaturated/α-hetero) is 2. The van der Waals surface area contributed by atoms with Crippen LogP contribution >= 0.6 is 0 Å². The first-order chi connectivity index (χ1) is 17.3. The van der Waals surface area contributed by atoms with Crippen molar-refractivity contribution in [1.29, 1.82) is 0 Å². The first kappa shape index (κ1) is 27.6. The van der Waals surface area contributed by atoms with E-state index in [1.807, 2.05) is 27.7 Å². The van der Waals surface area contributed by atoms with Gasteiger partial charge in [0, 0.05) is 24.8 Å². The molecule has 0 aromatic carbocycles. The molecule has 5 nitrogen and oxygen atoms in total. The summed E-state index contributed by atoms with van der Waals surface area (Å²) in [5.74, 6) is -1.23. The van der Waals surface area contributed by atoms with E-state index < -0.39 is 10.8 Å². The summed E-state index contributed by atoms with van der Waals surface area (Å²) in [6.07, 6.45) is 11.6. The summed E-state index contributed by atoms with van der Waals surface area (Å²) in [6, 6.07) is 0. The first-order valence-corrected chi connectivity index (χ1v) is 14.0. The summed E-state index contributed by atoms with van der Waals surface area (Å²) in [6.45, 7) is 14.1. The summed E-state index contributed by atoms with van der Waals surface area (Å²) in [5, 5.41) is 11.3. The van der Waals surface area contributed by atoms with Gasteiger partial charge >= 0.3 is 5.97 Å². The summed E-state index contributed by atoms with van der Waals surface area (Å²) in [4.78, 5) is 40.7. The van der Waals surface area contributed by atoms with Crippen molar-refractivity contribution in [2.45, 2.75) is 93.4 Å². The van der Waals surface area contributed by atoms with Crippen molar-refractivity contribution in [3.63, 3.8) is 0 Å². The molecule has 4 atom stereocenters. The third kappa shape index (κ3) is 4.36. The second-order valence-corrected chi connectivity index (χ2v) is 13.1. The fraction of sp³-hybridized carbons (Fsp3) is 0.656. The van der Waals surface area contributed by atoms with E-state index >= 15 is 0 Å². The molecular formula is C32H44O5. The molecule has 0 radical (unpaired) electrons. The monoisotopic (exact) mass is 508 g/mol. The van der Waals surface area contributed by atoms with Crippen LogP contribution < -0.4 is 0 Å². The van der Waals surface area contributed by atoms with Gasteiger partial charge in [-0.3, -0.25) is 14.4 Å². The highest BCUT2D eigenvalue weighted by atomic mass is 16.5. The maximum atomic E-state index is 14.7. The lowest BCUT2D eigenvalue weighted by molar-refractivity contribution is -0.155. The van der Waals surface area contributed by atoms with Crippen LogP contribution in [0.3, 0.4) is 0 Å². The number of hydrogen-bond donors (Lipinski definition) is 1. The highest BCUT2D eigenvalue weighted by Gasteiger charge is 2.69. The number of esters is 1. The molecule has 0 aliphatic heterocycles. The third-order valence-corrected chi connectivity index (χ3v) is 9.67. The van der Waals surface area contributed by atoms with Gasteiger partial charge in [-0.25, -0.2) is 0 Å². The summed E-state index contributed by atoms with van der Waals surface area (Å²) < 4.78 is 5.28. The molecule has 1 unspecified atom stereocenters. The predicted molar refractivity (Wildman–Crippen MR) is 145 cm³/mol. The minimum absolute atomic E-state index is 0.0538. The lowest BCUT2D eigenvalue weighted by Crippen LogP contribution is -2.61. The molecule has 4 aliphatic rings. The summed E-state index contributed by atoms with van der Waals surface area (Å²) >= 11 is 0. The van der Waals surface area contributed by atoms with E-state index in [2.05, 4.69) is 32.1 Å². The number of rotatable bonds is 5. The molecule has 202 valence electrons. The number of allylic oxidation sites excluding steroid dienone is 7. The molecule has 37 heavy (non-hydrogen) atoms. The highest BCUT2D eigenvalue weighted by Crippen LogP contribution is 2.68. The Kier molecular flexibility index (Phi) is 7.24. The maximum Gasteiger partial charge on any atom is 0.302 e. The van der Waals surface area contributed by atoms with Crippen LogP contribution in [0.2, 0.25) is 0 Å². The average Bonchev–Trinajstić information content (AvgIpc) is 2.94. The number of hydrogen-bond acceptors (Lipinski definition) is 5. The number of fused-ring (bicyclic) bond motifs is 1. The zero-order valence-corrected chi connectivity index (χ0v) is 23.7. The summed E-state index contributed by atoms with van der Waals surface area (Å²) in [5.41, 5.74) is 1.81. The van der Waals surface area contributed by atoms with E-state index in [0.717, 1.165) is 30.4 Å². The Morgan fingerprint density at radius 2 is 1.84 bits per heavy atom. The zero-order valence-electron chi connectivity index (χ0n) is 23.7. The highest BCUT2D eigenvalue weighted by molar-refractivity contribution is 6.17. The van der Waals surface area contributed by atoms with Crippen molar-refractivity contribution in [3.8, 4) is 0 Å². The molecule has 0 aromatic rings. The van der Waals surface area contributed by atoms with Crippen molar-refractivity contribution in [2.24, 2.45) is 34.0 Å². The number of ketones is 2. The van der Waals surface area contributed by atoms with Crippen molar-refractivity contribution in [1.82, 2.24) is 0 Å². The largest absolute Gasteiger partial charge is 0.504 e. The number of aliphatic hydroxyl groups is 1. The van der Waals surface area contributed by atoms with Gasteiger partial charge in [0.25, 0.3) is 0 Å². The first-order valence-electron chi connectivity index (χ1n) is 14.0. The van der Waals surface area contributed by atoms with Gasteiger partial charge in [0.1, 0.15) is 0 Å².